The summed E-state index contributed by atoms with van der Waals surface area (Å²) in [5.74, 6) is -0.100. The van der Waals surface area contributed by atoms with Crippen molar-refractivity contribution in [1.82, 2.24) is 15.2 Å². The van der Waals surface area contributed by atoms with E-state index in [1.165, 1.54) is 0 Å². The van der Waals surface area contributed by atoms with Crippen molar-refractivity contribution < 1.29 is 9.59 Å². The Labute approximate surface area is 142 Å². The van der Waals surface area contributed by atoms with E-state index in [0.29, 0.717) is 25.2 Å². The first kappa shape index (κ1) is 16.4. The van der Waals surface area contributed by atoms with Crippen LogP contribution in [-0.2, 0) is 4.79 Å². The molecule has 0 aliphatic carbocycles. The SMILES string of the molecule is CCNC(=O)C1CCN(C(=O)c2cc3cc(C)ccc3nc2C)C1. The molecule has 0 spiro atoms. The second-order valence-corrected chi connectivity index (χ2v) is 6.45. The van der Waals surface area contributed by atoms with Gasteiger partial charge in [-0.2, -0.15) is 0 Å². The molecule has 1 N–H and O–H groups in total. The standard InChI is InChI=1S/C19H23N3O2/c1-4-20-18(23)14-7-8-22(11-14)19(24)16-10-15-9-12(2)5-6-17(15)21-13(16)3/h5-6,9-10,14H,4,7-8,11H2,1-3H3,(H,20,23). The molecule has 2 amide bonds. The number of hydrogen-bond acceptors (Lipinski definition) is 3. The third-order valence-corrected chi connectivity index (χ3v) is 4.59. The fraction of sp³-hybridized carbons (Fsp3) is 0.421. The molecule has 1 atom stereocenters. The maximum Gasteiger partial charge on any atom is 0.255 e. The molecule has 1 saturated heterocycles. The fourth-order valence-electron chi connectivity index (χ4n) is 3.26. The number of hydrogen-bond donors (Lipinski definition) is 1. The van der Waals surface area contributed by atoms with E-state index in [1.54, 1.807) is 4.90 Å². The van der Waals surface area contributed by atoms with Gasteiger partial charge in [-0.1, -0.05) is 11.6 Å². The smallest absolute Gasteiger partial charge is 0.255 e. The summed E-state index contributed by atoms with van der Waals surface area (Å²) in [5.41, 5.74) is 3.41. The van der Waals surface area contributed by atoms with Crippen LogP contribution in [-0.4, -0.2) is 41.3 Å². The lowest BCUT2D eigenvalue weighted by atomic mass is 10.1. The number of likely N-dealkylation sites (tertiary alicyclic amines) is 1. The van der Waals surface area contributed by atoms with Gasteiger partial charge in [0.15, 0.2) is 0 Å². The lowest BCUT2D eigenvalue weighted by molar-refractivity contribution is -0.124. The van der Waals surface area contributed by atoms with Crippen molar-refractivity contribution in [2.75, 3.05) is 19.6 Å². The molecule has 1 aromatic carbocycles. The minimum absolute atomic E-state index is 0.0322. The molecule has 0 radical (unpaired) electrons. The number of rotatable bonds is 3. The first-order valence-corrected chi connectivity index (χ1v) is 8.44. The van der Waals surface area contributed by atoms with Crippen molar-refractivity contribution >= 4 is 22.7 Å². The predicted octanol–water partition coefficient (Wildman–Crippen LogP) is 2.45. The normalized spacial score (nSPS) is 17.3. The Bertz CT molecular complexity index is 801. The van der Waals surface area contributed by atoms with E-state index in [-0.39, 0.29) is 17.7 Å². The number of carbonyl (C=O) groups excluding carboxylic acids is 2. The van der Waals surface area contributed by atoms with Gasteiger partial charge in [0, 0.05) is 25.0 Å². The van der Waals surface area contributed by atoms with Crippen molar-refractivity contribution in [2.24, 2.45) is 5.92 Å². The predicted molar refractivity (Wildman–Crippen MR) is 93.9 cm³/mol. The highest BCUT2D eigenvalue weighted by molar-refractivity contribution is 5.99. The highest BCUT2D eigenvalue weighted by atomic mass is 16.2. The summed E-state index contributed by atoms with van der Waals surface area (Å²) in [5, 5.41) is 3.81. The average Bonchev–Trinajstić information content (AvgIpc) is 3.04. The highest BCUT2D eigenvalue weighted by Gasteiger charge is 2.31. The number of aryl methyl sites for hydroxylation is 2. The van der Waals surface area contributed by atoms with Gasteiger partial charge in [0.25, 0.3) is 5.91 Å². The zero-order chi connectivity index (χ0) is 17.3. The van der Waals surface area contributed by atoms with Crippen LogP contribution >= 0.6 is 0 Å². The summed E-state index contributed by atoms with van der Waals surface area (Å²) in [6.07, 6.45) is 0.719. The number of amides is 2. The van der Waals surface area contributed by atoms with Gasteiger partial charge in [-0.25, -0.2) is 0 Å². The first-order valence-electron chi connectivity index (χ1n) is 8.44. The van der Waals surface area contributed by atoms with Crippen LogP contribution in [0.4, 0.5) is 0 Å². The molecule has 24 heavy (non-hydrogen) atoms. The second kappa shape index (κ2) is 6.59. The lowest BCUT2D eigenvalue weighted by Crippen LogP contribution is -2.34. The van der Waals surface area contributed by atoms with Crippen LogP contribution in [0, 0.1) is 19.8 Å². The van der Waals surface area contributed by atoms with Gasteiger partial charge in [-0.05, 0) is 45.4 Å². The van der Waals surface area contributed by atoms with E-state index in [9.17, 15) is 9.59 Å². The molecule has 2 aromatic rings. The molecule has 1 fully saturated rings. The summed E-state index contributed by atoms with van der Waals surface area (Å²) >= 11 is 0. The summed E-state index contributed by atoms with van der Waals surface area (Å²) in [6, 6.07) is 7.97. The van der Waals surface area contributed by atoms with E-state index >= 15 is 0 Å². The van der Waals surface area contributed by atoms with Crippen molar-refractivity contribution in [3.05, 3.63) is 41.1 Å². The molecule has 5 nitrogen and oxygen atoms in total. The lowest BCUT2D eigenvalue weighted by Gasteiger charge is -2.18. The van der Waals surface area contributed by atoms with Crippen molar-refractivity contribution in [3.8, 4) is 0 Å². The minimum Gasteiger partial charge on any atom is -0.356 e. The van der Waals surface area contributed by atoms with Crippen LogP contribution in [0.3, 0.4) is 0 Å². The molecule has 1 aromatic heterocycles. The maximum absolute atomic E-state index is 12.9. The van der Waals surface area contributed by atoms with E-state index in [4.69, 9.17) is 0 Å². The molecule has 126 valence electrons. The monoisotopic (exact) mass is 325 g/mol. The molecule has 1 unspecified atom stereocenters. The Morgan fingerprint density at radius 2 is 2.08 bits per heavy atom. The fourth-order valence-corrected chi connectivity index (χ4v) is 3.26. The molecule has 0 saturated carbocycles. The third-order valence-electron chi connectivity index (χ3n) is 4.59. The van der Waals surface area contributed by atoms with Gasteiger partial charge < -0.3 is 10.2 Å². The Morgan fingerprint density at radius 1 is 1.29 bits per heavy atom. The van der Waals surface area contributed by atoms with E-state index in [2.05, 4.69) is 10.3 Å². The van der Waals surface area contributed by atoms with Crippen LogP contribution in [0.5, 0.6) is 0 Å². The number of nitrogens with one attached hydrogen (secondary N) is 1. The van der Waals surface area contributed by atoms with Crippen molar-refractivity contribution in [2.45, 2.75) is 27.2 Å². The molecular formula is C19H23N3O2. The van der Waals surface area contributed by atoms with Gasteiger partial charge in [0.1, 0.15) is 0 Å². The largest absolute Gasteiger partial charge is 0.356 e. The van der Waals surface area contributed by atoms with Gasteiger partial charge in [0.2, 0.25) is 5.91 Å². The summed E-state index contributed by atoms with van der Waals surface area (Å²) < 4.78 is 0. The van der Waals surface area contributed by atoms with E-state index in [0.717, 1.165) is 28.6 Å². The molecular weight excluding hydrogens is 302 g/mol. The Balaban J connectivity index is 1.84. The zero-order valence-electron chi connectivity index (χ0n) is 14.4. The Morgan fingerprint density at radius 3 is 2.83 bits per heavy atom. The van der Waals surface area contributed by atoms with Crippen LogP contribution in [0.2, 0.25) is 0 Å². The maximum atomic E-state index is 12.9. The Kier molecular flexibility index (Phi) is 4.51. The van der Waals surface area contributed by atoms with Gasteiger partial charge in [-0.3, -0.25) is 14.6 Å². The van der Waals surface area contributed by atoms with Gasteiger partial charge >= 0.3 is 0 Å². The molecule has 0 bridgehead atoms. The number of benzene rings is 1. The van der Waals surface area contributed by atoms with Crippen LogP contribution in [0.1, 0.15) is 35.0 Å². The molecule has 1 aliphatic rings. The van der Waals surface area contributed by atoms with E-state index in [1.807, 2.05) is 45.0 Å². The summed E-state index contributed by atoms with van der Waals surface area (Å²) in [6.45, 7) is 7.52. The number of pyridine rings is 1. The zero-order valence-corrected chi connectivity index (χ0v) is 14.4. The van der Waals surface area contributed by atoms with Gasteiger partial charge in [-0.15, -0.1) is 0 Å². The molecule has 3 rings (SSSR count). The number of fused-ring (bicyclic) bond motifs is 1. The van der Waals surface area contributed by atoms with E-state index < -0.39 is 0 Å². The van der Waals surface area contributed by atoms with Crippen LogP contribution < -0.4 is 5.32 Å². The topological polar surface area (TPSA) is 62.3 Å². The number of nitrogens with zero attached hydrogens (tertiary/aromatic N) is 2. The molecule has 1 aliphatic heterocycles. The minimum atomic E-state index is -0.107. The second-order valence-electron chi connectivity index (χ2n) is 6.45. The quantitative estimate of drug-likeness (QED) is 0.943. The van der Waals surface area contributed by atoms with Crippen LogP contribution in [0.25, 0.3) is 10.9 Å². The third kappa shape index (κ3) is 3.11. The summed E-state index contributed by atoms with van der Waals surface area (Å²) in [4.78, 5) is 31.2. The van der Waals surface area contributed by atoms with Crippen molar-refractivity contribution in [1.29, 1.82) is 0 Å². The first-order chi connectivity index (χ1) is 11.5. The van der Waals surface area contributed by atoms with Crippen molar-refractivity contribution in [3.63, 3.8) is 0 Å². The number of carbonyl (C=O) groups is 2. The number of aromatic nitrogens is 1. The summed E-state index contributed by atoms with van der Waals surface area (Å²) in [7, 11) is 0. The Hall–Kier alpha value is -2.43. The average molecular weight is 325 g/mol. The molecule has 5 heteroatoms. The highest BCUT2D eigenvalue weighted by Crippen LogP contribution is 2.23. The van der Waals surface area contributed by atoms with Gasteiger partial charge in [0.05, 0.1) is 22.7 Å². The molecule has 2 heterocycles. The van der Waals surface area contributed by atoms with Crippen LogP contribution in [0.15, 0.2) is 24.3 Å².